The van der Waals surface area contributed by atoms with Gasteiger partial charge in [-0.05, 0) is 17.7 Å². The Bertz CT molecular complexity index is 1030. The number of oxime groups is 1. The maximum atomic E-state index is 13.0. The van der Waals surface area contributed by atoms with Crippen LogP contribution in [0.3, 0.4) is 0 Å². The van der Waals surface area contributed by atoms with Gasteiger partial charge in [0, 0.05) is 11.1 Å². The van der Waals surface area contributed by atoms with E-state index in [4.69, 9.17) is 4.84 Å². The second kappa shape index (κ2) is 6.23. The van der Waals surface area contributed by atoms with Crippen LogP contribution < -0.4 is 0 Å². The average Bonchev–Trinajstić information content (AvgIpc) is 3.14. The van der Waals surface area contributed by atoms with Gasteiger partial charge in [-0.15, -0.1) is 0 Å². The highest BCUT2D eigenvalue weighted by molar-refractivity contribution is 6.23. The zero-order valence-electron chi connectivity index (χ0n) is 14.3. The first-order valence-electron chi connectivity index (χ1n) is 8.46. The van der Waals surface area contributed by atoms with Crippen LogP contribution in [0.25, 0.3) is 10.8 Å². The van der Waals surface area contributed by atoms with E-state index < -0.39 is 5.60 Å². The Labute approximate surface area is 151 Å². The highest BCUT2D eigenvalue weighted by atomic mass is 16.7. The summed E-state index contributed by atoms with van der Waals surface area (Å²) < 4.78 is 0. The molecule has 1 aliphatic heterocycles. The molecule has 1 aliphatic rings. The number of hydrogen-bond acceptors (Lipinski definition) is 4. The first kappa shape index (κ1) is 16.2. The van der Waals surface area contributed by atoms with E-state index in [0.29, 0.717) is 11.3 Å². The monoisotopic (exact) mass is 343 g/mol. The van der Waals surface area contributed by atoms with Crippen LogP contribution in [0.4, 0.5) is 0 Å². The molecule has 0 saturated heterocycles. The fourth-order valence-electron chi connectivity index (χ4n) is 3.35. The maximum absolute atomic E-state index is 13.0. The lowest BCUT2D eigenvalue weighted by Gasteiger charge is -2.22. The summed E-state index contributed by atoms with van der Waals surface area (Å²) in [7, 11) is 0. The lowest BCUT2D eigenvalue weighted by atomic mass is 9.83. The summed E-state index contributed by atoms with van der Waals surface area (Å²) in [4.78, 5) is 31.0. The normalized spacial score (nSPS) is 19.0. The number of nitrogens with zero attached hydrogens (tertiary/aromatic N) is 1. The molecule has 0 bridgehead atoms. The van der Waals surface area contributed by atoms with Crippen LogP contribution in [0.5, 0.6) is 0 Å². The Morgan fingerprint density at radius 1 is 0.923 bits per heavy atom. The van der Waals surface area contributed by atoms with E-state index in [1.807, 2.05) is 48.5 Å². The zero-order chi connectivity index (χ0) is 18.1. The zero-order valence-corrected chi connectivity index (χ0v) is 14.3. The SMILES string of the molecule is CC(=O)C1(C(=O)c2ccccc2)CC(c2cccc3ccccc23)=NO1. The van der Waals surface area contributed by atoms with Crippen LogP contribution in [-0.2, 0) is 9.63 Å². The second-order valence-electron chi connectivity index (χ2n) is 6.41. The van der Waals surface area contributed by atoms with E-state index in [9.17, 15) is 9.59 Å². The lowest BCUT2D eigenvalue weighted by molar-refractivity contribution is -0.133. The Hall–Kier alpha value is -3.27. The van der Waals surface area contributed by atoms with Gasteiger partial charge in [0.1, 0.15) is 0 Å². The summed E-state index contributed by atoms with van der Waals surface area (Å²) in [5.41, 5.74) is 0.346. The van der Waals surface area contributed by atoms with Crippen LogP contribution in [0.15, 0.2) is 78.0 Å². The van der Waals surface area contributed by atoms with Crippen LogP contribution in [-0.4, -0.2) is 22.9 Å². The van der Waals surface area contributed by atoms with E-state index in [1.165, 1.54) is 6.92 Å². The molecular formula is C22H17NO3. The number of ketones is 2. The molecule has 0 radical (unpaired) electrons. The van der Waals surface area contributed by atoms with Crippen molar-refractivity contribution in [1.29, 1.82) is 0 Å². The summed E-state index contributed by atoms with van der Waals surface area (Å²) in [5, 5.41) is 6.24. The number of carbonyl (C=O) groups excluding carboxylic acids is 2. The van der Waals surface area contributed by atoms with Crippen LogP contribution in [0.1, 0.15) is 29.3 Å². The van der Waals surface area contributed by atoms with Crippen molar-refractivity contribution in [1.82, 2.24) is 0 Å². The molecule has 26 heavy (non-hydrogen) atoms. The van der Waals surface area contributed by atoms with Gasteiger partial charge in [0.25, 0.3) is 5.60 Å². The van der Waals surface area contributed by atoms with Crippen LogP contribution in [0.2, 0.25) is 0 Å². The van der Waals surface area contributed by atoms with Crippen molar-refractivity contribution in [2.24, 2.45) is 5.16 Å². The van der Waals surface area contributed by atoms with Gasteiger partial charge in [0.15, 0.2) is 5.78 Å². The number of benzene rings is 3. The molecule has 1 heterocycles. The minimum absolute atomic E-state index is 0.129. The van der Waals surface area contributed by atoms with Crippen molar-refractivity contribution in [3.05, 3.63) is 83.9 Å². The third-order valence-corrected chi connectivity index (χ3v) is 4.80. The summed E-state index contributed by atoms with van der Waals surface area (Å²) in [5.74, 6) is -0.699. The molecule has 3 aromatic carbocycles. The van der Waals surface area contributed by atoms with Crippen molar-refractivity contribution < 1.29 is 14.4 Å². The molecule has 128 valence electrons. The van der Waals surface area contributed by atoms with Gasteiger partial charge < -0.3 is 4.84 Å². The van der Waals surface area contributed by atoms with Crippen molar-refractivity contribution >= 4 is 28.1 Å². The van der Waals surface area contributed by atoms with E-state index in [2.05, 4.69) is 5.16 Å². The fourth-order valence-corrected chi connectivity index (χ4v) is 3.35. The first-order chi connectivity index (χ1) is 12.6. The van der Waals surface area contributed by atoms with Crippen LogP contribution in [0, 0.1) is 0 Å². The second-order valence-corrected chi connectivity index (χ2v) is 6.41. The topological polar surface area (TPSA) is 55.7 Å². The molecule has 4 nitrogen and oxygen atoms in total. The molecule has 0 fully saturated rings. The van der Waals surface area contributed by atoms with Crippen molar-refractivity contribution in [3.63, 3.8) is 0 Å². The summed E-state index contributed by atoms with van der Waals surface area (Å²) in [6, 6.07) is 22.6. The van der Waals surface area contributed by atoms with Crippen molar-refractivity contribution in [2.75, 3.05) is 0 Å². The predicted octanol–water partition coefficient (Wildman–Crippen LogP) is 4.17. The number of Topliss-reactive ketones (excluding diaryl/α,β-unsaturated/α-hetero) is 2. The first-order valence-corrected chi connectivity index (χ1v) is 8.46. The van der Waals surface area contributed by atoms with E-state index in [-0.39, 0.29) is 18.0 Å². The Kier molecular flexibility index (Phi) is 3.88. The van der Waals surface area contributed by atoms with Crippen molar-refractivity contribution in [3.8, 4) is 0 Å². The third kappa shape index (κ3) is 2.51. The minimum atomic E-state index is -1.59. The molecule has 0 spiro atoms. The molecule has 0 amide bonds. The molecule has 4 rings (SSSR count). The largest absolute Gasteiger partial charge is 0.372 e. The Morgan fingerprint density at radius 2 is 1.62 bits per heavy atom. The standard InChI is InChI=1S/C22H17NO3/c1-15(24)22(21(25)17-9-3-2-4-10-17)14-20(23-26-22)19-13-7-11-16-8-5-6-12-18(16)19/h2-13H,14H2,1H3. The fraction of sp³-hybridized carbons (Fsp3) is 0.136. The van der Waals surface area contributed by atoms with Gasteiger partial charge >= 0.3 is 0 Å². The average molecular weight is 343 g/mol. The molecule has 3 aromatic rings. The van der Waals surface area contributed by atoms with E-state index in [1.54, 1.807) is 24.3 Å². The summed E-state index contributed by atoms with van der Waals surface area (Å²) in [6.45, 7) is 1.38. The number of carbonyl (C=O) groups is 2. The molecule has 0 aliphatic carbocycles. The molecule has 0 N–H and O–H groups in total. The molecule has 1 atom stereocenters. The van der Waals surface area contributed by atoms with Gasteiger partial charge in [-0.3, -0.25) is 9.59 Å². The van der Waals surface area contributed by atoms with E-state index >= 15 is 0 Å². The van der Waals surface area contributed by atoms with Crippen LogP contribution >= 0.6 is 0 Å². The number of fused-ring (bicyclic) bond motifs is 1. The van der Waals surface area contributed by atoms with Gasteiger partial charge in [-0.2, -0.15) is 0 Å². The Morgan fingerprint density at radius 3 is 2.38 bits per heavy atom. The maximum Gasteiger partial charge on any atom is 0.262 e. The number of rotatable bonds is 4. The third-order valence-electron chi connectivity index (χ3n) is 4.80. The van der Waals surface area contributed by atoms with Gasteiger partial charge in [-0.25, -0.2) is 0 Å². The Balaban J connectivity index is 1.74. The molecule has 0 aromatic heterocycles. The highest BCUT2D eigenvalue weighted by Gasteiger charge is 2.51. The quantitative estimate of drug-likeness (QED) is 0.527. The van der Waals surface area contributed by atoms with Gasteiger partial charge in [0.2, 0.25) is 5.78 Å². The molecular weight excluding hydrogens is 326 g/mol. The number of hydrogen-bond donors (Lipinski definition) is 0. The highest BCUT2D eigenvalue weighted by Crippen LogP contribution is 2.33. The summed E-state index contributed by atoms with van der Waals surface area (Å²) in [6.07, 6.45) is 0.129. The molecule has 0 saturated carbocycles. The van der Waals surface area contributed by atoms with Crippen molar-refractivity contribution in [2.45, 2.75) is 18.9 Å². The van der Waals surface area contributed by atoms with Gasteiger partial charge in [0.05, 0.1) is 12.1 Å². The van der Waals surface area contributed by atoms with Gasteiger partial charge in [-0.1, -0.05) is 78.0 Å². The smallest absolute Gasteiger partial charge is 0.262 e. The molecule has 1 unspecified atom stereocenters. The lowest BCUT2D eigenvalue weighted by Crippen LogP contribution is -2.45. The summed E-state index contributed by atoms with van der Waals surface area (Å²) >= 11 is 0. The predicted molar refractivity (Wildman–Crippen MR) is 100 cm³/mol. The van der Waals surface area contributed by atoms with E-state index in [0.717, 1.165) is 16.3 Å². The molecule has 4 heteroatoms. The minimum Gasteiger partial charge on any atom is -0.372 e.